The molecule has 1 aliphatic heterocycles. The van der Waals surface area contributed by atoms with Crippen LogP contribution in [0.5, 0.6) is 11.5 Å². The van der Waals surface area contributed by atoms with Crippen LogP contribution in [0.4, 0.5) is 0 Å². The molecule has 0 spiro atoms. The van der Waals surface area contributed by atoms with Crippen LogP contribution < -0.4 is 9.05 Å². The molecule has 4 heteroatoms. The number of hydrogen-bond acceptors (Lipinski definition) is 3. The molecule has 1 atom stereocenters. The predicted molar refractivity (Wildman–Crippen MR) is 131 cm³/mol. The maximum absolute atomic E-state index is 14.0. The molecule has 0 aliphatic carbocycles. The molecule has 3 rings (SSSR count). The van der Waals surface area contributed by atoms with Crippen LogP contribution in [0.3, 0.4) is 0 Å². The average Bonchev–Trinajstić information content (AvgIpc) is 2.90. The predicted octanol–water partition coefficient (Wildman–Crippen LogP) is 8.36. The Hall–Kier alpha value is -1.73. The van der Waals surface area contributed by atoms with Gasteiger partial charge in [-0.1, -0.05) is 92.1 Å². The number of aryl methyl sites for hydroxylation is 2. The van der Waals surface area contributed by atoms with Crippen molar-refractivity contribution in [1.29, 1.82) is 0 Å². The van der Waals surface area contributed by atoms with E-state index in [2.05, 4.69) is 93.5 Å². The highest BCUT2D eigenvalue weighted by atomic mass is 31.2. The minimum atomic E-state index is -3.38. The van der Waals surface area contributed by atoms with E-state index in [9.17, 15) is 4.57 Å². The van der Waals surface area contributed by atoms with Gasteiger partial charge in [-0.25, -0.2) is 4.57 Å². The Balaban J connectivity index is 2.11. The summed E-state index contributed by atoms with van der Waals surface area (Å²) in [4.78, 5) is 0. The highest BCUT2D eigenvalue weighted by molar-refractivity contribution is 7.54. The summed E-state index contributed by atoms with van der Waals surface area (Å²) in [5.74, 6) is 1.44. The van der Waals surface area contributed by atoms with Crippen LogP contribution in [0, 0.1) is 13.8 Å². The summed E-state index contributed by atoms with van der Waals surface area (Å²) in [5.41, 5.74) is 6.25. The Morgan fingerprint density at radius 3 is 1.77 bits per heavy atom. The minimum Gasteiger partial charge on any atom is -0.415 e. The van der Waals surface area contributed by atoms with Crippen LogP contribution in [-0.2, 0) is 27.0 Å². The first-order chi connectivity index (χ1) is 13.9. The van der Waals surface area contributed by atoms with E-state index < -0.39 is 7.60 Å². The summed E-state index contributed by atoms with van der Waals surface area (Å²) < 4.78 is 26.5. The Bertz CT molecular complexity index is 1020. The largest absolute Gasteiger partial charge is 0.435 e. The molecular weight excluding hydrogens is 403 g/mol. The van der Waals surface area contributed by atoms with Gasteiger partial charge in [-0.05, 0) is 41.2 Å². The van der Waals surface area contributed by atoms with Gasteiger partial charge in [0.05, 0.1) is 0 Å². The second-order valence-electron chi connectivity index (χ2n) is 12.2. The lowest BCUT2D eigenvalue weighted by Gasteiger charge is -2.31. The summed E-state index contributed by atoms with van der Waals surface area (Å²) in [7, 11) is -3.38. The molecule has 0 radical (unpaired) electrons. The highest BCUT2D eigenvalue weighted by Gasteiger charge is 2.41. The normalized spacial score (nSPS) is 19.2. The third-order valence-corrected chi connectivity index (χ3v) is 7.54. The molecule has 0 bridgehead atoms. The number of rotatable bonds is 2. The molecule has 1 heterocycles. The summed E-state index contributed by atoms with van der Waals surface area (Å²) in [6.07, 6.45) is 0.300. The molecule has 0 saturated carbocycles. The van der Waals surface area contributed by atoms with Gasteiger partial charge >= 0.3 is 7.60 Å². The van der Waals surface area contributed by atoms with Crippen LogP contribution in [0.2, 0.25) is 0 Å². The molecule has 3 nitrogen and oxygen atoms in total. The second kappa shape index (κ2) is 7.41. The van der Waals surface area contributed by atoms with Crippen molar-refractivity contribution in [1.82, 2.24) is 0 Å². The van der Waals surface area contributed by atoms with Gasteiger partial charge in [0.15, 0.2) is 0 Å². The van der Waals surface area contributed by atoms with Crippen molar-refractivity contribution in [2.24, 2.45) is 0 Å². The van der Waals surface area contributed by atoms with E-state index in [4.69, 9.17) is 9.05 Å². The Labute approximate surface area is 189 Å². The molecule has 2 aromatic carbocycles. The maximum Gasteiger partial charge on any atom is 0.435 e. The first kappa shape index (κ1) is 23.9. The van der Waals surface area contributed by atoms with Gasteiger partial charge in [-0.2, -0.15) is 0 Å². The fourth-order valence-corrected chi connectivity index (χ4v) is 5.92. The lowest BCUT2D eigenvalue weighted by atomic mass is 9.78. The lowest BCUT2D eigenvalue weighted by Crippen LogP contribution is -2.20. The Morgan fingerprint density at radius 2 is 1.32 bits per heavy atom. The zero-order valence-electron chi connectivity index (χ0n) is 21.2. The van der Waals surface area contributed by atoms with E-state index in [-0.39, 0.29) is 16.2 Å². The average molecular weight is 443 g/mol. The van der Waals surface area contributed by atoms with E-state index in [1.165, 1.54) is 11.1 Å². The number of fused-ring (bicyclic) bond motifs is 1. The quantitative estimate of drug-likeness (QED) is 0.438. The van der Waals surface area contributed by atoms with Crippen molar-refractivity contribution in [3.8, 4) is 11.5 Å². The summed E-state index contributed by atoms with van der Waals surface area (Å²) in [6.45, 7) is 23.7. The standard InChI is InChI=1S/C27H39O3P/c1-17-12-21(26(6,7)8)24(22(13-17)27(9,10)11)30-31(28)16-19-15-20(25(3,4)5)14-18(2)23(19)29-31/h12-15H,16H2,1-11H3. The smallest absolute Gasteiger partial charge is 0.415 e. The van der Waals surface area contributed by atoms with Crippen molar-refractivity contribution in [2.45, 2.75) is 98.6 Å². The van der Waals surface area contributed by atoms with Gasteiger partial charge in [0.25, 0.3) is 0 Å². The zero-order valence-corrected chi connectivity index (χ0v) is 22.1. The maximum atomic E-state index is 14.0. The van der Waals surface area contributed by atoms with E-state index in [1.54, 1.807) is 0 Å². The van der Waals surface area contributed by atoms with E-state index in [1.807, 2.05) is 6.92 Å². The summed E-state index contributed by atoms with van der Waals surface area (Å²) >= 11 is 0. The van der Waals surface area contributed by atoms with Crippen LogP contribution in [-0.4, -0.2) is 0 Å². The fourth-order valence-electron chi connectivity index (χ4n) is 4.08. The van der Waals surface area contributed by atoms with E-state index in [0.29, 0.717) is 6.16 Å². The topological polar surface area (TPSA) is 35.5 Å². The van der Waals surface area contributed by atoms with Crippen LogP contribution in [0.1, 0.15) is 95.7 Å². The fraction of sp³-hybridized carbons (Fsp3) is 0.556. The van der Waals surface area contributed by atoms with Crippen molar-refractivity contribution in [3.63, 3.8) is 0 Å². The first-order valence-electron chi connectivity index (χ1n) is 11.2. The SMILES string of the molecule is Cc1cc(C(C)(C)C)c(OP2(=O)Cc3cc(C(C)(C)C)cc(C)c3O2)c(C(C)(C)C)c1. The molecule has 0 N–H and O–H groups in total. The van der Waals surface area contributed by atoms with Crippen LogP contribution in [0.25, 0.3) is 0 Å². The van der Waals surface area contributed by atoms with Gasteiger partial charge in [0.2, 0.25) is 0 Å². The highest BCUT2D eigenvalue weighted by Crippen LogP contribution is 2.61. The van der Waals surface area contributed by atoms with Crippen molar-refractivity contribution in [3.05, 3.63) is 57.6 Å². The molecule has 170 valence electrons. The van der Waals surface area contributed by atoms with Gasteiger partial charge in [0.1, 0.15) is 17.7 Å². The van der Waals surface area contributed by atoms with Gasteiger partial charge in [0, 0.05) is 16.7 Å². The van der Waals surface area contributed by atoms with Crippen molar-refractivity contribution < 1.29 is 13.6 Å². The molecule has 2 aromatic rings. The summed E-state index contributed by atoms with van der Waals surface area (Å²) in [6, 6.07) is 8.59. The second-order valence-corrected chi connectivity index (χ2v) is 14.1. The molecular formula is C27H39O3P. The molecule has 0 fully saturated rings. The van der Waals surface area contributed by atoms with E-state index in [0.717, 1.165) is 33.8 Å². The molecule has 31 heavy (non-hydrogen) atoms. The number of hydrogen-bond donors (Lipinski definition) is 0. The minimum absolute atomic E-state index is 0.0169. The van der Waals surface area contributed by atoms with Gasteiger partial charge in [-0.3, -0.25) is 0 Å². The molecule has 0 aromatic heterocycles. The first-order valence-corrected chi connectivity index (χ1v) is 12.9. The number of benzene rings is 2. The summed E-state index contributed by atoms with van der Waals surface area (Å²) in [5, 5.41) is 0. The van der Waals surface area contributed by atoms with Crippen molar-refractivity contribution in [2.75, 3.05) is 0 Å². The van der Waals surface area contributed by atoms with Crippen molar-refractivity contribution >= 4 is 7.60 Å². The van der Waals surface area contributed by atoms with Gasteiger partial charge < -0.3 is 9.05 Å². The monoisotopic (exact) mass is 442 g/mol. The van der Waals surface area contributed by atoms with E-state index >= 15 is 0 Å². The zero-order chi connectivity index (χ0) is 23.6. The molecule has 0 saturated heterocycles. The molecule has 1 unspecified atom stereocenters. The molecule has 1 aliphatic rings. The third-order valence-electron chi connectivity index (χ3n) is 5.89. The van der Waals surface area contributed by atoms with Crippen LogP contribution >= 0.6 is 7.60 Å². The third kappa shape index (κ3) is 4.87. The lowest BCUT2D eigenvalue weighted by molar-refractivity contribution is 0.383. The Kier molecular flexibility index (Phi) is 5.72. The van der Waals surface area contributed by atoms with Crippen LogP contribution in [0.15, 0.2) is 24.3 Å². The molecule has 0 amide bonds. The van der Waals surface area contributed by atoms with Gasteiger partial charge in [-0.15, -0.1) is 0 Å². The Morgan fingerprint density at radius 1 is 0.806 bits per heavy atom.